The molecule has 2 unspecified atom stereocenters. The molecule has 1 heterocycles. The second kappa shape index (κ2) is 9.57. The summed E-state index contributed by atoms with van der Waals surface area (Å²) in [6.07, 6.45) is 2.95. The van der Waals surface area contributed by atoms with E-state index < -0.39 is 5.92 Å². The third kappa shape index (κ3) is 4.49. The predicted octanol–water partition coefficient (Wildman–Crippen LogP) is 6.53. The zero-order valence-electron chi connectivity index (χ0n) is 20.8. The minimum absolute atomic E-state index is 0.0700. The highest BCUT2D eigenvalue weighted by atomic mass is 16.5. The molecule has 1 amide bonds. The van der Waals surface area contributed by atoms with Gasteiger partial charge >= 0.3 is 0 Å². The van der Waals surface area contributed by atoms with E-state index in [1.165, 1.54) is 0 Å². The first kappa shape index (κ1) is 23.7. The van der Waals surface area contributed by atoms with Gasteiger partial charge in [-0.3, -0.25) is 4.79 Å². The van der Waals surface area contributed by atoms with Crippen molar-refractivity contribution in [2.75, 3.05) is 0 Å². The average molecular weight is 479 g/mol. The summed E-state index contributed by atoms with van der Waals surface area (Å²) in [5.41, 5.74) is 6.43. The lowest BCUT2D eigenvalue weighted by molar-refractivity contribution is -0.122. The summed E-state index contributed by atoms with van der Waals surface area (Å²) in [7, 11) is 0. The maximum Gasteiger partial charge on any atom is 0.227 e. The van der Waals surface area contributed by atoms with Crippen LogP contribution < -0.4 is 5.32 Å². The van der Waals surface area contributed by atoms with Crippen molar-refractivity contribution in [3.05, 3.63) is 101 Å². The van der Waals surface area contributed by atoms with Gasteiger partial charge in [-0.2, -0.15) is 0 Å². The molecular weight excluding hydrogens is 448 g/mol. The van der Waals surface area contributed by atoms with Gasteiger partial charge in [0.15, 0.2) is 5.76 Å². The fourth-order valence-electron chi connectivity index (χ4n) is 4.81. The molecule has 1 aliphatic carbocycles. The molecule has 1 aromatic heterocycles. The predicted molar refractivity (Wildman–Crippen MR) is 141 cm³/mol. The van der Waals surface area contributed by atoms with Gasteiger partial charge in [0.2, 0.25) is 5.91 Å². The van der Waals surface area contributed by atoms with E-state index in [4.69, 9.17) is 4.52 Å². The highest BCUT2D eigenvalue weighted by Gasteiger charge is 2.44. The number of aldehydes is 1. The SMILES string of the molecule is Cc1noc(-c2ccc(-c3ccc(C4(C=O)CC4)cc3)cc2)c1C(C)C(=O)NC(C)c1ccccc1. The normalized spacial score (nSPS) is 15.6. The number of benzene rings is 3. The van der Waals surface area contributed by atoms with Crippen molar-refractivity contribution in [3.8, 4) is 22.5 Å². The Balaban J connectivity index is 1.34. The Morgan fingerprint density at radius 3 is 2.08 bits per heavy atom. The van der Waals surface area contributed by atoms with Gasteiger partial charge < -0.3 is 14.6 Å². The Bertz CT molecular complexity index is 1370. The van der Waals surface area contributed by atoms with Gasteiger partial charge in [0.05, 0.1) is 23.1 Å². The number of amides is 1. The smallest absolute Gasteiger partial charge is 0.227 e. The molecule has 0 spiro atoms. The lowest BCUT2D eigenvalue weighted by Crippen LogP contribution is -2.30. The third-order valence-electron chi connectivity index (χ3n) is 7.35. The lowest BCUT2D eigenvalue weighted by Gasteiger charge is -2.18. The van der Waals surface area contributed by atoms with Crippen LogP contribution in [0.5, 0.6) is 0 Å². The van der Waals surface area contributed by atoms with Crippen LogP contribution in [0.15, 0.2) is 83.4 Å². The maximum absolute atomic E-state index is 13.1. The minimum Gasteiger partial charge on any atom is -0.356 e. The Morgan fingerprint density at radius 2 is 1.50 bits per heavy atom. The van der Waals surface area contributed by atoms with E-state index in [1.54, 1.807) is 0 Å². The maximum atomic E-state index is 13.1. The molecule has 1 saturated carbocycles. The molecule has 0 saturated heterocycles. The Hall–Kier alpha value is -3.99. The first-order valence-corrected chi connectivity index (χ1v) is 12.4. The van der Waals surface area contributed by atoms with Crippen molar-refractivity contribution in [3.63, 3.8) is 0 Å². The molecule has 5 nitrogen and oxygen atoms in total. The number of nitrogens with one attached hydrogen (secondary N) is 1. The van der Waals surface area contributed by atoms with Crippen molar-refractivity contribution < 1.29 is 14.1 Å². The number of carbonyl (C=O) groups excluding carboxylic acids is 2. The Morgan fingerprint density at radius 1 is 0.917 bits per heavy atom. The molecule has 4 aromatic rings. The van der Waals surface area contributed by atoms with Crippen LogP contribution in [0.4, 0.5) is 0 Å². The zero-order valence-corrected chi connectivity index (χ0v) is 20.8. The molecule has 36 heavy (non-hydrogen) atoms. The largest absolute Gasteiger partial charge is 0.356 e. The van der Waals surface area contributed by atoms with Crippen LogP contribution in [0.1, 0.15) is 61.0 Å². The number of hydrogen-bond donors (Lipinski definition) is 1. The number of aryl methyl sites for hydroxylation is 1. The number of carbonyl (C=O) groups is 2. The summed E-state index contributed by atoms with van der Waals surface area (Å²) in [6.45, 7) is 5.74. The first-order valence-electron chi connectivity index (χ1n) is 12.4. The van der Waals surface area contributed by atoms with Gasteiger partial charge in [-0.1, -0.05) is 84.0 Å². The van der Waals surface area contributed by atoms with Gasteiger partial charge in [-0.05, 0) is 55.9 Å². The van der Waals surface area contributed by atoms with Crippen molar-refractivity contribution in [1.29, 1.82) is 0 Å². The summed E-state index contributed by atoms with van der Waals surface area (Å²) < 4.78 is 5.70. The molecular formula is C31H30N2O3. The summed E-state index contributed by atoms with van der Waals surface area (Å²) in [5.74, 6) is 0.127. The summed E-state index contributed by atoms with van der Waals surface area (Å²) in [6, 6.07) is 26.1. The van der Waals surface area contributed by atoms with Crippen LogP contribution in [0.3, 0.4) is 0 Å². The molecule has 1 fully saturated rings. The minimum atomic E-state index is -0.419. The summed E-state index contributed by atoms with van der Waals surface area (Å²) in [4.78, 5) is 24.5. The Labute approximate surface area is 211 Å². The number of hydrogen-bond acceptors (Lipinski definition) is 4. The van der Waals surface area contributed by atoms with Crippen LogP contribution in [0.25, 0.3) is 22.5 Å². The first-order chi connectivity index (χ1) is 17.4. The van der Waals surface area contributed by atoms with Gasteiger partial charge in [0.1, 0.15) is 6.29 Å². The van der Waals surface area contributed by atoms with Crippen molar-refractivity contribution in [2.45, 2.75) is 51.0 Å². The van der Waals surface area contributed by atoms with E-state index in [0.717, 1.165) is 52.5 Å². The van der Waals surface area contributed by atoms with Gasteiger partial charge in [0, 0.05) is 11.1 Å². The molecule has 0 bridgehead atoms. The molecule has 2 atom stereocenters. The average Bonchev–Trinajstić information content (AvgIpc) is 3.63. The monoisotopic (exact) mass is 478 g/mol. The van der Waals surface area contributed by atoms with Crippen LogP contribution in [-0.4, -0.2) is 17.4 Å². The fraction of sp³-hybridized carbons (Fsp3) is 0.258. The second-order valence-electron chi connectivity index (χ2n) is 9.80. The highest BCUT2D eigenvalue weighted by Crippen LogP contribution is 2.46. The van der Waals surface area contributed by atoms with E-state index >= 15 is 0 Å². The van der Waals surface area contributed by atoms with E-state index in [9.17, 15) is 9.59 Å². The van der Waals surface area contributed by atoms with Crippen molar-refractivity contribution in [1.82, 2.24) is 10.5 Å². The van der Waals surface area contributed by atoms with Gasteiger partial charge in [-0.15, -0.1) is 0 Å². The molecule has 1 N–H and O–H groups in total. The number of rotatable bonds is 8. The highest BCUT2D eigenvalue weighted by molar-refractivity contribution is 5.86. The molecule has 0 radical (unpaired) electrons. The van der Waals surface area contributed by atoms with E-state index in [2.05, 4.69) is 34.7 Å². The zero-order chi connectivity index (χ0) is 25.3. The third-order valence-corrected chi connectivity index (χ3v) is 7.35. The fourth-order valence-corrected chi connectivity index (χ4v) is 4.81. The van der Waals surface area contributed by atoms with E-state index in [1.807, 2.05) is 75.4 Å². The molecule has 1 aliphatic rings. The van der Waals surface area contributed by atoms with Gasteiger partial charge in [-0.25, -0.2) is 0 Å². The van der Waals surface area contributed by atoms with Crippen molar-refractivity contribution in [2.24, 2.45) is 0 Å². The van der Waals surface area contributed by atoms with Crippen LogP contribution >= 0.6 is 0 Å². The molecule has 182 valence electrons. The molecule has 3 aromatic carbocycles. The lowest BCUT2D eigenvalue weighted by atomic mass is 9.93. The second-order valence-corrected chi connectivity index (χ2v) is 9.80. The molecule has 0 aliphatic heterocycles. The summed E-state index contributed by atoms with van der Waals surface area (Å²) in [5, 5.41) is 7.29. The standard InChI is InChI=1S/C31H30N2O3/c1-20(30(35)32-21(2)23-7-5-4-6-8-23)28-22(3)33-36-29(28)26-11-9-24(10-12-26)25-13-15-27(16-14-25)31(19-34)17-18-31/h4-16,19-21H,17-18H2,1-3H3,(H,32,35). The van der Waals surface area contributed by atoms with Gasteiger partial charge in [0.25, 0.3) is 0 Å². The number of nitrogens with zero attached hydrogens (tertiary/aromatic N) is 1. The van der Waals surface area contributed by atoms with Crippen LogP contribution in [0, 0.1) is 6.92 Å². The number of aromatic nitrogens is 1. The van der Waals surface area contributed by atoms with E-state index in [0.29, 0.717) is 11.5 Å². The van der Waals surface area contributed by atoms with Crippen molar-refractivity contribution >= 4 is 12.2 Å². The topological polar surface area (TPSA) is 72.2 Å². The molecule has 5 heteroatoms. The quantitative estimate of drug-likeness (QED) is 0.292. The molecule has 5 rings (SSSR count). The van der Waals surface area contributed by atoms with Crippen LogP contribution in [0.2, 0.25) is 0 Å². The Kier molecular flexibility index (Phi) is 6.31. The summed E-state index contributed by atoms with van der Waals surface area (Å²) >= 11 is 0. The van der Waals surface area contributed by atoms with E-state index in [-0.39, 0.29) is 17.4 Å². The van der Waals surface area contributed by atoms with Crippen LogP contribution in [-0.2, 0) is 15.0 Å².